The predicted octanol–water partition coefficient (Wildman–Crippen LogP) is 1.46. The molecule has 132 valence electrons. The van der Waals surface area contributed by atoms with Gasteiger partial charge in [-0.1, -0.05) is 30.3 Å². The Morgan fingerprint density at radius 3 is 2.40 bits per heavy atom. The summed E-state index contributed by atoms with van der Waals surface area (Å²) in [6.07, 6.45) is 1.47. The Labute approximate surface area is 147 Å². The molecule has 2 aromatic rings. The summed E-state index contributed by atoms with van der Waals surface area (Å²) >= 11 is 0. The van der Waals surface area contributed by atoms with E-state index in [2.05, 4.69) is 23.7 Å². The Kier molecular flexibility index (Phi) is 5.28. The van der Waals surface area contributed by atoms with Gasteiger partial charge in [0.15, 0.2) is 0 Å². The van der Waals surface area contributed by atoms with Gasteiger partial charge in [0.1, 0.15) is 6.54 Å². The molecule has 0 saturated carbocycles. The van der Waals surface area contributed by atoms with Crippen LogP contribution in [0.4, 0.5) is 0 Å². The lowest BCUT2D eigenvalue weighted by molar-refractivity contribution is -0.133. The minimum Gasteiger partial charge on any atom is -0.339 e. The number of aromatic nitrogens is 2. The first-order valence-electron chi connectivity index (χ1n) is 8.68. The van der Waals surface area contributed by atoms with Crippen LogP contribution in [0.15, 0.2) is 47.5 Å². The lowest BCUT2D eigenvalue weighted by Crippen LogP contribution is -2.51. The summed E-state index contributed by atoms with van der Waals surface area (Å²) in [5, 5.41) is 0. The van der Waals surface area contributed by atoms with Gasteiger partial charge in [0, 0.05) is 43.9 Å². The first-order valence-corrected chi connectivity index (χ1v) is 8.68. The van der Waals surface area contributed by atoms with Crippen LogP contribution in [0.5, 0.6) is 0 Å². The van der Waals surface area contributed by atoms with Crippen molar-refractivity contribution in [1.82, 2.24) is 19.4 Å². The molecule has 1 saturated heterocycles. The molecule has 0 N–H and O–H groups in total. The van der Waals surface area contributed by atoms with E-state index in [1.165, 1.54) is 17.0 Å². The second-order valence-electron chi connectivity index (χ2n) is 6.62. The Bertz CT molecular complexity index is 778. The molecule has 1 aromatic heterocycles. The molecule has 1 aliphatic rings. The molecule has 0 radical (unpaired) electrons. The van der Waals surface area contributed by atoms with Crippen LogP contribution in [0.2, 0.25) is 0 Å². The first kappa shape index (κ1) is 17.4. The maximum absolute atomic E-state index is 12.5. The summed E-state index contributed by atoms with van der Waals surface area (Å²) in [5.41, 5.74) is 1.31. The fourth-order valence-corrected chi connectivity index (χ4v) is 3.04. The van der Waals surface area contributed by atoms with Gasteiger partial charge in [-0.3, -0.25) is 19.1 Å². The summed E-state index contributed by atoms with van der Waals surface area (Å²) in [6, 6.07) is 11.5. The highest BCUT2D eigenvalue weighted by atomic mass is 16.2. The summed E-state index contributed by atoms with van der Waals surface area (Å²) < 4.78 is 1.38. The standard InChI is InChI=1S/C19H24N4O2/c1-15(2)21-8-10-22(11-9-21)19(25)13-23-14-20-17(12-18(23)24)16-6-4-3-5-7-16/h3-7,12,14-15H,8-11,13H2,1-2H3. The molecule has 1 fully saturated rings. The third-order valence-electron chi connectivity index (χ3n) is 4.65. The van der Waals surface area contributed by atoms with E-state index in [9.17, 15) is 9.59 Å². The van der Waals surface area contributed by atoms with Crippen molar-refractivity contribution in [2.75, 3.05) is 26.2 Å². The Morgan fingerprint density at radius 2 is 1.80 bits per heavy atom. The quantitative estimate of drug-likeness (QED) is 0.846. The van der Waals surface area contributed by atoms with E-state index in [1.54, 1.807) is 0 Å². The molecule has 1 aromatic carbocycles. The van der Waals surface area contributed by atoms with Crippen molar-refractivity contribution in [3.8, 4) is 11.3 Å². The number of carbonyl (C=O) groups excluding carboxylic acids is 1. The van der Waals surface area contributed by atoms with Gasteiger partial charge in [-0.2, -0.15) is 0 Å². The van der Waals surface area contributed by atoms with Gasteiger partial charge < -0.3 is 4.90 Å². The van der Waals surface area contributed by atoms with Crippen LogP contribution in [-0.4, -0.2) is 57.5 Å². The van der Waals surface area contributed by atoms with Crippen LogP contribution in [-0.2, 0) is 11.3 Å². The number of rotatable bonds is 4. The van der Waals surface area contributed by atoms with E-state index in [4.69, 9.17) is 0 Å². The summed E-state index contributed by atoms with van der Waals surface area (Å²) in [7, 11) is 0. The molecule has 0 unspecified atom stereocenters. The third-order valence-corrected chi connectivity index (χ3v) is 4.65. The van der Waals surface area contributed by atoms with Crippen molar-refractivity contribution in [3.63, 3.8) is 0 Å². The van der Waals surface area contributed by atoms with Gasteiger partial charge in [-0.05, 0) is 13.8 Å². The lowest BCUT2D eigenvalue weighted by atomic mass is 10.1. The minimum atomic E-state index is -0.206. The van der Waals surface area contributed by atoms with Crippen molar-refractivity contribution < 1.29 is 4.79 Å². The van der Waals surface area contributed by atoms with E-state index in [0.717, 1.165) is 18.7 Å². The topological polar surface area (TPSA) is 58.4 Å². The molecule has 0 atom stereocenters. The molecular formula is C19H24N4O2. The smallest absolute Gasteiger partial charge is 0.254 e. The van der Waals surface area contributed by atoms with E-state index >= 15 is 0 Å². The molecule has 2 heterocycles. The molecule has 6 heteroatoms. The van der Waals surface area contributed by atoms with Gasteiger partial charge in [-0.15, -0.1) is 0 Å². The molecule has 25 heavy (non-hydrogen) atoms. The zero-order valence-corrected chi connectivity index (χ0v) is 14.8. The number of nitrogens with zero attached hydrogens (tertiary/aromatic N) is 4. The van der Waals surface area contributed by atoms with Crippen LogP contribution in [0.25, 0.3) is 11.3 Å². The fraction of sp³-hybridized carbons (Fsp3) is 0.421. The number of amides is 1. The second kappa shape index (κ2) is 7.61. The average Bonchev–Trinajstić information content (AvgIpc) is 2.64. The number of carbonyl (C=O) groups is 1. The largest absolute Gasteiger partial charge is 0.339 e. The number of benzene rings is 1. The number of hydrogen-bond acceptors (Lipinski definition) is 4. The molecule has 1 amide bonds. The number of piperazine rings is 1. The van der Waals surface area contributed by atoms with E-state index in [0.29, 0.717) is 24.8 Å². The Morgan fingerprint density at radius 1 is 1.12 bits per heavy atom. The highest BCUT2D eigenvalue weighted by Crippen LogP contribution is 2.13. The van der Waals surface area contributed by atoms with Crippen LogP contribution < -0.4 is 5.56 Å². The summed E-state index contributed by atoms with van der Waals surface area (Å²) in [5.74, 6) is -0.0280. The zero-order valence-electron chi connectivity index (χ0n) is 14.8. The van der Waals surface area contributed by atoms with Gasteiger partial charge in [0.05, 0.1) is 12.0 Å². The van der Waals surface area contributed by atoms with Crippen LogP contribution in [0, 0.1) is 0 Å². The lowest BCUT2D eigenvalue weighted by Gasteiger charge is -2.37. The van der Waals surface area contributed by atoms with E-state index in [1.807, 2.05) is 35.2 Å². The van der Waals surface area contributed by atoms with Gasteiger partial charge in [-0.25, -0.2) is 4.98 Å². The first-order chi connectivity index (χ1) is 12.0. The summed E-state index contributed by atoms with van der Waals surface area (Å²) in [4.78, 5) is 33.3. The minimum absolute atomic E-state index is 0.0280. The highest BCUT2D eigenvalue weighted by Gasteiger charge is 2.22. The maximum atomic E-state index is 12.5. The summed E-state index contributed by atoms with van der Waals surface area (Å²) in [6.45, 7) is 7.55. The van der Waals surface area contributed by atoms with Crippen molar-refractivity contribution in [2.45, 2.75) is 26.4 Å². The molecule has 0 spiro atoms. The number of hydrogen-bond donors (Lipinski definition) is 0. The molecule has 1 aliphatic heterocycles. The van der Waals surface area contributed by atoms with Gasteiger partial charge >= 0.3 is 0 Å². The van der Waals surface area contributed by atoms with Gasteiger partial charge in [0.2, 0.25) is 5.91 Å². The van der Waals surface area contributed by atoms with Crippen molar-refractivity contribution in [1.29, 1.82) is 0 Å². The maximum Gasteiger partial charge on any atom is 0.254 e. The molecule has 0 aliphatic carbocycles. The molecule has 0 bridgehead atoms. The van der Waals surface area contributed by atoms with Crippen LogP contribution >= 0.6 is 0 Å². The predicted molar refractivity (Wildman–Crippen MR) is 97.2 cm³/mol. The van der Waals surface area contributed by atoms with Crippen molar-refractivity contribution >= 4 is 5.91 Å². The van der Waals surface area contributed by atoms with E-state index in [-0.39, 0.29) is 18.0 Å². The molecule has 3 rings (SSSR count). The molecular weight excluding hydrogens is 316 g/mol. The normalized spacial score (nSPS) is 15.6. The Hall–Kier alpha value is -2.47. The van der Waals surface area contributed by atoms with Gasteiger partial charge in [0.25, 0.3) is 5.56 Å². The second-order valence-corrected chi connectivity index (χ2v) is 6.62. The van der Waals surface area contributed by atoms with E-state index < -0.39 is 0 Å². The SMILES string of the molecule is CC(C)N1CCN(C(=O)Cn2cnc(-c3ccccc3)cc2=O)CC1. The average molecular weight is 340 g/mol. The molecule has 6 nitrogen and oxygen atoms in total. The third kappa shape index (κ3) is 4.14. The fourth-order valence-electron chi connectivity index (χ4n) is 3.04. The van der Waals surface area contributed by atoms with Crippen LogP contribution in [0.1, 0.15) is 13.8 Å². The Balaban J connectivity index is 1.65. The zero-order chi connectivity index (χ0) is 17.8. The van der Waals surface area contributed by atoms with Crippen LogP contribution in [0.3, 0.4) is 0 Å². The van der Waals surface area contributed by atoms with Crippen molar-refractivity contribution in [3.05, 3.63) is 53.1 Å². The highest BCUT2D eigenvalue weighted by molar-refractivity contribution is 5.76. The monoisotopic (exact) mass is 340 g/mol. The van der Waals surface area contributed by atoms with Crippen molar-refractivity contribution in [2.24, 2.45) is 0 Å².